The van der Waals surface area contributed by atoms with Crippen molar-refractivity contribution in [3.05, 3.63) is 29.8 Å². The first-order valence-corrected chi connectivity index (χ1v) is 9.64. The van der Waals surface area contributed by atoms with Gasteiger partial charge in [0.05, 0.1) is 6.54 Å². The standard InChI is InChI=1S/C18H28N4O2S.HI/c1-4-19-17(22-11-12-25-18(2,3)13-22)21-10-9-20-16(24)14-5-7-15(23)8-6-14;/h5-8,23H,4,9-13H2,1-3H3,(H,19,21)(H,20,24);1H. The molecule has 0 unspecified atom stereocenters. The lowest BCUT2D eigenvalue weighted by Gasteiger charge is -2.39. The number of hydrogen-bond donors (Lipinski definition) is 3. The van der Waals surface area contributed by atoms with Crippen LogP contribution >= 0.6 is 35.7 Å². The number of benzene rings is 1. The van der Waals surface area contributed by atoms with Crippen LogP contribution in [0.15, 0.2) is 29.3 Å². The number of aromatic hydroxyl groups is 1. The van der Waals surface area contributed by atoms with Crippen LogP contribution in [0.5, 0.6) is 5.75 Å². The summed E-state index contributed by atoms with van der Waals surface area (Å²) in [5.74, 6) is 2.00. The number of carbonyl (C=O) groups excluding carboxylic acids is 1. The maximum absolute atomic E-state index is 12.0. The molecular formula is C18H29IN4O2S. The summed E-state index contributed by atoms with van der Waals surface area (Å²) in [5, 5.41) is 15.5. The smallest absolute Gasteiger partial charge is 0.251 e. The second kappa shape index (κ2) is 10.9. The van der Waals surface area contributed by atoms with Crippen LogP contribution in [0.3, 0.4) is 0 Å². The summed E-state index contributed by atoms with van der Waals surface area (Å²) in [4.78, 5) is 19.0. The number of thioether (sulfide) groups is 1. The van der Waals surface area contributed by atoms with Crippen molar-refractivity contribution in [1.82, 2.24) is 15.5 Å². The topological polar surface area (TPSA) is 77.0 Å². The average molecular weight is 492 g/mol. The number of nitrogens with one attached hydrogen (secondary N) is 2. The molecule has 1 amide bonds. The van der Waals surface area contributed by atoms with Gasteiger partial charge in [-0.05, 0) is 45.0 Å². The first kappa shape index (κ1) is 22.9. The van der Waals surface area contributed by atoms with Gasteiger partial charge in [-0.15, -0.1) is 24.0 Å². The Kier molecular flexibility index (Phi) is 9.56. The fourth-order valence-electron chi connectivity index (χ4n) is 2.67. The Morgan fingerprint density at radius 1 is 1.31 bits per heavy atom. The van der Waals surface area contributed by atoms with Crippen LogP contribution in [0.4, 0.5) is 0 Å². The number of phenols is 1. The molecule has 146 valence electrons. The highest BCUT2D eigenvalue weighted by atomic mass is 127. The lowest BCUT2D eigenvalue weighted by molar-refractivity contribution is 0.0955. The number of guanidine groups is 1. The number of nitrogens with zero attached hydrogens (tertiary/aromatic N) is 2. The number of amides is 1. The second-order valence-electron chi connectivity index (χ2n) is 6.57. The van der Waals surface area contributed by atoms with Crippen molar-refractivity contribution in [3.8, 4) is 5.75 Å². The lowest BCUT2D eigenvalue weighted by atomic mass is 10.2. The molecule has 2 rings (SSSR count). The van der Waals surface area contributed by atoms with Crippen molar-refractivity contribution in [1.29, 1.82) is 0 Å². The fourth-order valence-corrected chi connectivity index (χ4v) is 3.78. The number of phenolic OH excluding ortho intramolecular Hbond substituents is 1. The molecule has 1 aliphatic heterocycles. The zero-order valence-corrected chi connectivity index (χ0v) is 18.8. The molecule has 0 aromatic heterocycles. The maximum atomic E-state index is 12.0. The van der Waals surface area contributed by atoms with Crippen molar-refractivity contribution >= 4 is 47.6 Å². The van der Waals surface area contributed by atoms with Gasteiger partial charge in [0, 0.05) is 42.2 Å². The number of halogens is 1. The third kappa shape index (κ3) is 7.22. The molecule has 0 atom stereocenters. The zero-order valence-electron chi connectivity index (χ0n) is 15.6. The van der Waals surface area contributed by atoms with E-state index in [2.05, 4.69) is 41.3 Å². The lowest BCUT2D eigenvalue weighted by Crippen LogP contribution is -2.51. The van der Waals surface area contributed by atoms with Crippen molar-refractivity contribution in [2.45, 2.75) is 25.5 Å². The van der Waals surface area contributed by atoms with Crippen molar-refractivity contribution in [2.24, 2.45) is 4.99 Å². The fraction of sp³-hybridized carbons (Fsp3) is 0.556. The molecule has 1 aromatic carbocycles. The summed E-state index contributed by atoms with van der Waals surface area (Å²) in [7, 11) is 0. The Morgan fingerprint density at radius 3 is 2.62 bits per heavy atom. The van der Waals surface area contributed by atoms with Gasteiger partial charge in [-0.3, -0.25) is 9.79 Å². The van der Waals surface area contributed by atoms with Gasteiger partial charge in [-0.1, -0.05) is 0 Å². The summed E-state index contributed by atoms with van der Waals surface area (Å²) in [6.45, 7) is 10.3. The van der Waals surface area contributed by atoms with Crippen molar-refractivity contribution < 1.29 is 9.90 Å². The van der Waals surface area contributed by atoms with Crippen molar-refractivity contribution in [3.63, 3.8) is 0 Å². The van der Waals surface area contributed by atoms with E-state index in [0.717, 1.165) is 31.3 Å². The molecule has 1 saturated heterocycles. The van der Waals surface area contributed by atoms with E-state index < -0.39 is 0 Å². The van der Waals surface area contributed by atoms with Crippen LogP contribution in [-0.2, 0) is 0 Å². The molecule has 3 N–H and O–H groups in total. The summed E-state index contributed by atoms with van der Waals surface area (Å²) < 4.78 is 0.224. The maximum Gasteiger partial charge on any atom is 0.251 e. The van der Waals surface area contributed by atoms with E-state index >= 15 is 0 Å². The molecule has 6 nitrogen and oxygen atoms in total. The van der Waals surface area contributed by atoms with Gasteiger partial charge in [-0.25, -0.2) is 0 Å². The van der Waals surface area contributed by atoms with E-state index in [9.17, 15) is 9.90 Å². The van der Waals surface area contributed by atoms with Crippen LogP contribution in [-0.4, -0.2) is 65.1 Å². The molecule has 0 spiro atoms. The molecule has 0 saturated carbocycles. The Labute approximate surface area is 177 Å². The summed E-state index contributed by atoms with van der Waals surface area (Å²) in [5.41, 5.74) is 0.531. The first-order chi connectivity index (χ1) is 11.9. The Hall–Kier alpha value is -1.16. The summed E-state index contributed by atoms with van der Waals surface area (Å²) in [6, 6.07) is 6.22. The molecule has 26 heavy (non-hydrogen) atoms. The van der Waals surface area contributed by atoms with E-state index in [-0.39, 0.29) is 40.4 Å². The largest absolute Gasteiger partial charge is 0.508 e. The minimum atomic E-state index is -0.157. The summed E-state index contributed by atoms with van der Waals surface area (Å²) >= 11 is 1.99. The molecule has 0 radical (unpaired) electrons. The third-order valence-electron chi connectivity index (χ3n) is 3.85. The molecule has 1 aromatic rings. The first-order valence-electron chi connectivity index (χ1n) is 8.66. The van der Waals surface area contributed by atoms with E-state index in [0.29, 0.717) is 18.7 Å². The summed E-state index contributed by atoms with van der Waals surface area (Å²) in [6.07, 6.45) is 0. The van der Waals surface area contributed by atoms with Crippen LogP contribution in [0.25, 0.3) is 0 Å². The van der Waals surface area contributed by atoms with Gasteiger partial charge in [0.2, 0.25) is 0 Å². The van der Waals surface area contributed by atoms with Crippen LogP contribution < -0.4 is 10.6 Å². The molecular weight excluding hydrogens is 463 g/mol. The van der Waals surface area contributed by atoms with Gasteiger partial charge in [0.1, 0.15) is 5.75 Å². The molecule has 1 fully saturated rings. The monoisotopic (exact) mass is 492 g/mol. The number of hydrogen-bond acceptors (Lipinski definition) is 4. The van der Waals surface area contributed by atoms with E-state index in [1.54, 1.807) is 12.1 Å². The third-order valence-corrected chi connectivity index (χ3v) is 5.15. The van der Waals surface area contributed by atoms with Gasteiger partial charge >= 0.3 is 0 Å². The highest BCUT2D eigenvalue weighted by Crippen LogP contribution is 2.29. The molecule has 1 aliphatic rings. The van der Waals surface area contributed by atoms with Crippen molar-refractivity contribution in [2.75, 3.05) is 38.5 Å². The zero-order chi connectivity index (χ0) is 18.3. The predicted molar refractivity (Wildman–Crippen MR) is 120 cm³/mol. The number of carbonyl (C=O) groups is 1. The van der Waals surface area contributed by atoms with Crippen LogP contribution in [0.2, 0.25) is 0 Å². The number of rotatable bonds is 5. The normalized spacial score (nSPS) is 16.6. The van der Waals surface area contributed by atoms with E-state index in [1.165, 1.54) is 12.1 Å². The van der Waals surface area contributed by atoms with E-state index in [1.807, 2.05) is 11.8 Å². The molecule has 8 heteroatoms. The number of aliphatic imine (C=N–C) groups is 1. The average Bonchev–Trinajstić information content (AvgIpc) is 2.57. The van der Waals surface area contributed by atoms with Crippen LogP contribution in [0, 0.1) is 0 Å². The highest BCUT2D eigenvalue weighted by Gasteiger charge is 2.28. The Morgan fingerprint density at radius 2 is 2.00 bits per heavy atom. The van der Waals surface area contributed by atoms with Gasteiger partial charge in [0.25, 0.3) is 5.91 Å². The SMILES string of the molecule is CCNC(=NCCNC(=O)c1ccc(O)cc1)N1CCSC(C)(C)C1.I. The Bertz CT molecular complexity index is 608. The van der Waals surface area contributed by atoms with Gasteiger partial charge < -0.3 is 20.6 Å². The predicted octanol–water partition coefficient (Wildman–Crippen LogP) is 2.53. The molecule has 0 bridgehead atoms. The van der Waals surface area contributed by atoms with Crippen LogP contribution in [0.1, 0.15) is 31.1 Å². The molecule has 1 heterocycles. The minimum absolute atomic E-state index is 0. The van der Waals surface area contributed by atoms with Gasteiger partial charge in [0.15, 0.2) is 5.96 Å². The highest BCUT2D eigenvalue weighted by molar-refractivity contribution is 14.0. The minimum Gasteiger partial charge on any atom is -0.508 e. The van der Waals surface area contributed by atoms with Gasteiger partial charge in [-0.2, -0.15) is 11.8 Å². The second-order valence-corrected chi connectivity index (χ2v) is 8.37. The molecule has 0 aliphatic carbocycles. The quantitative estimate of drug-likeness (QED) is 0.255. The Balaban J connectivity index is 0.00000338. The van der Waals surface area contributed by atoms with E-state index in [4.69, 9.17) is 0 Å².